The fraction of sp³-hybridized carbons (Fsp3) is 0.333. The highest BCUT2D eigenvalue weighted by Gasteiger charge is 2.08. The maximum absolute atomic E-state index is 13.2. The van der Waals surface area contributed by atoms with E-state index >= 15 is 0 Å². The third kappa shape index (κ3) is 2.34. The Balaban J connectivity index is 3.04. The quantitative estimate of drug-likeness (QED) is 0.788. The van der Waals surface area contributed by atoms with Gasteiger partial charge in [0.05, 0.1) is 15.8 Å². The van der Waals surface area contributed by atoms with E-state index in [2.05, 4.69) is 21.2 Å². The van der Waals surface area contributed by atoms with Gasteiger partial charge in [-0.15, -0.1) is 0 Å². The van der Waals surface area contributed by atoms with Crippen molar-refractivity contribution in [2.75, 3.05) is 11.1 Å². The highest BCUT2D eigenvalue weighted by molar-refractivity contribution is 9.10. The third-order valence-corrected chi connectivity index (χ3v) is 2.19. The van der Waals surface area contributed by atoms with Crippen LogP contribution in [0.15, 0.2) is 16.6 Å². The zero-order valence-corrected chi connectivity index (χ0v) is 9.15. The second-order valence-electron chi connectivity index (χ2n) is 3.12. The molecule has 1 aromatic carbocycles. The van der Waals surface area contributed by atoms with Crippen LogP contribution in [0.25, 0.3) is 0 Å². The van der Waals surface area contributed by atoms with Crippen LogP contribution in [0.2, 0.25) is 0 Å². The lowest BCUT2D eigenvalue weighted by atomic mass is 10.2. The summed E-state index contributed by atoms with van der Waals surface area (Å²) in [5.74, 6) is -0.411. The summed E-state index contributed by atoms with van der Waals surface area (Å²) in [6, 6.07) is 3.63. The van der Waals surface area contributed by atoms with Crippen molar-refractivity contribution in [3.05, 3.63) is 22.4 Å². The summed E-state index contributed by atoms with van der Waals surface area (Å²) in [7, 11) is 0. The molecule has 0 spiro atoms. The lowest BCUT2D eigenvalue weighted by Crippen LogP contribution is -2.12. The number of anilines is 2. The van der Waals surface area contributed by atoms with Crippen LogP contribution in [0, 0.1) is 5.82 Å². The SMILES string of the molecule is CC(C)Nc1ccc(Br)c(F)c1N. The lowest BCUT2D eigenvalue weighted by molar-refractivity contribution is 0.626. The fourth-order valence-electron chi connectivity index (χ4n) is 1.00. The Morgan fingerprint density at radius 2 is 2.08 bits per heavy atom. The highest BCUT2D eigenvalue weighted by Crippen LogP contribution is 2.28. The van der Waals surface area contributed by atoms with Gasteiger partial charge in [-0.3, -0.25) is 0 Å². The summed E-state index contributed by atoms with van der Waals surface area (Å²) >= 11 is 3.06. The van der Waals surface area contributed by atoms with Crippen molar-refractivity contribution in [3.63, 3.8) is 0 Å². The molecule has 0 aliphatic rings. The molecule has 13 heavy (non-hydrogen) atoms. The van der Waals surface area contributed by atoms with Crippen molar-refractivity contribution in [3.8, 4) is 0 Å². The van der Waals surface area contributed by atoms with Gasteiger partial charge in [0.1, 0.15) is 0 Å². The van der Waals surface area contributed by atoms with Gasteiger partial charge in [-0.1, -0.05) is 0 Å². The monoisotopic (exact) mass is 246 g/mol. The van der Waals surface area contributed by atoms with Gasteiger partial charge in [-0.05, 0) is 41.9 Å². The van der Waals surface area contributed by atoms with E-state index in [0.29, 0.717) is 10.2 Å². The maximum Gasteiger partial charge on any atom is 0.162 e. The molecule has 72 valence electrons. The first-order chi connectivity index (χ1) is 6.02. The van der Waals surface area contributed by atoms with Crippen molar-refractivity contribution in [2.24, 2.45) is 0 Å². The van der Waals surface area contributed by atoms with E-state index < -0.39 is 5.82 Å². The Bertz CT molecular complexity index is 313. The second-order valence-corrected chi connectivity index (χ2v) is 3.98. The predicted molar refractivity (Wildman–Crippen MR) is 57.3 cm³/mol. The first-order valence-electron chi connectivity index (χ1n) is 4.02. The van der Waals surface area contributed by atoms with Gasteiger partial charge >= 0.3 is 0 Å². The Labute approximate surface area is 85.4 Å². The predicted octanol–water partition coefficient (Wildman–Crippen LogP) is 2.99. The van der Waals surface area contributed by atoms with Gasteiger partial charge in [-0.2, -0.15) is 0 Å². The van der Waals surface area contributed by atoms with E-state index in [-0.39, 0.29) is 11.7 Å². The van der Waals surface area contributed by atoms with Crippen LogP contribution in [0.5, 0.6) is 0 Å². The van der Waals surface area contributed by atoms with E-state index in [1.807, 2.05) is 13.8 Å². The molecule has 0 aliphatic heterocycles. The number of nitrogens with one attached hydrogen (secondary N) is 1. The van der Waals surface area contributed by atoms with E-state index in [9.17, 15) is 4.39 Å². The van der Waals surface area contributed by atoms with Gasteiger partial charge < -0.3 is 11.1 Å². The zero-order chi connectivity index (χ0) is 10.0. The molecule has 1 rings (SSSR count). The van der Waals surface area contributed by atoms with Gasteiger partial charge in [0, 0.05) is 6.04 Å². The Morgan fingerprint density at radius 3 is 2.62 bits per heavy atom. The average Bonchev–Trinajstić information content (AvgIpc) is 2.06. The second kappa shape index (κ2) is 3.96. The van der Waals surface area contributed by atoms with Crippen LogP contribution in [0.4, 0.5) is 15.8 Å². The molecule has 2 nitrogen and oxygen atoms in total. The van der Waals surface area contributed by atoms with Crippen molar-refractivity contribution in [1.82, 2.24) is 0 Å². The standard InChI is InChI=1S/C9H12BrFN2/c1-5(2)13-7-4-3-6(10)8(11)9(7)12/h3-5,13H,12H2,1-2H3. The molecule has 0 amide bonds. The maximum atomic E-state index is 13.2. The Hall–Kier alpha value is -0.770. The van der Waals surface area contributed by atoms with Crippen molar-refractivity contribution in [2.45, 2.75) is 19.9 Å². The largest absolute Gasteiger partial charge is 0.395 e. The molecule has 0 aromatic heterocycles. The molecule has 4 heteroatoms. The summed E-state index contributed by atoms with van der Waals surface area (Å²) < 4.78 is 13.6. The van der Waals surface area contributed by atoms with Gasteiger partial charge in [0.15, 0.2) is 5.82 Å². The van der Waals surface area contributed by atoms with E-state index in [1.54, 1.807) is 12.1 Å². The fourth-order valence-corrected chi connectivity index (χ4v) is 1.35. The van der Waals surface area contributed by atoms with Crippen molar-refractivity contribution >= 4 is 27.3 Å². The molecule has 0 saturated heterocycles. The van der Waals surface area contributed by atoms with Gasteiger partial charge in [0.2, 0.25) is 0 Å². The first-order valence-corrected chi connectivity index (χ1v) is 4.81. The number of rotatable bonds is 2. The van der Waals surface area contributed by atoms with E-state index in [0.717, 1.165) is 0 Å². The Kier molecular flexibility index (Phi) is 3.14. The number of benzene rings is 1. The summed E-state index contributed by atoms with van der Waals surface area (Å²) in [6.45, 7) is 3.94. The average molecular weight is 247 g/mol. The zero-order valence-electron chi connectivity index (χ0n) is 7.57. The minimum absolute atomic E-state index is 0.156. The van der Waals surface area contributed by atoms with Crippen LogP contribution in [0.1, 0.15) is 13.8 Å². The lowest BCUT2D eigenvalue weighted by Gasteiger charge is -2.13. The van der Waals surface area contributed by atoms with Crippen LogP contribution >= 0.6 is 15.9 Å². The minimum atomic E-state index is -0.411. The number of halogens is 2. The summed E-state index contributed by atoms with van der Waals surface area (Å²) in [5, 5.41) is 3.06. The van der Waals surface area contributed by atoms with Crippen LogP contribution in [-0.4, -0.2) is 6.04 Å². The molecule has 0 atom stereocenters. The summed E-state index contributed by atoms with van der Waals surface area (Å²) in [4.78, 5) is 0. The molecular weight excluding hydrogens is 235 g/mol. The van der Waals surface area contributed by atoms with E-state index in [1.165, 1.54) is 0 Å². The molecule has 0 heterocycles. The van der Waals surface area contributed by atoms with Crippen LogP contribution in [0.3, 0.4) is 0 Å². The molecule has 0 radical (unpaired) electrons. The number of hydrogen-bond acceptors (Lipinski definition) is 2. The summed E-state index contributed by atoms with van der Waals surface area (Å²) in [6.07, 6.45) is 0. The molecule has 0 bridgehead atoms. The highest BCUT2D eigenvalue weighted by atomic mass is 79.9. The van der Waals surface area contributed by atoms with Crippen LogP contribution in [-0.2, 0) is 0 Å². The van der Waals surface area contributed by atoms with E-state index in [4.69, 9.17) is 5.73 Å². The van der Waals surface area contributed by atoms with Gasteiger partial charge in [0.25, 0.3) is 0 Å². The minimum Gasteiger partial charge on any atom is -0.395 e. The molecule has 3 N–H and O–H groups in total. The molecule has 0 fully saturated rings. The van der Waals surface area contributed by atoms with Crippen molar-refractivity contribution in [1.29, 1.82) is 0 Å². The number of hydrogen-bond donors (Lipinski definition) is 2. The smallest absolute Gasteiger partial charge is 0.162 e. The number of nitrogens with two attached hydrogens (primary N) is 1. The summed E-state index contributed by atoms with van der Waals surface area (Å²) in [5.41, 5.74) is 6.35. The third-order valence-electron chi connectivity index (χ3n) is 1.58. The first kappa shape index (κ1) is 10.3. The molecule has 0 unspecified atom stereocenters. The molecule has 0 aliphatic carbocycles. The normalized spacial score (nSPS) is 10.5. The van der Waals surface area contributed by atoms with Crippen LogP contribution < -0.4 is 11.1 Å². The molecular formula is C9H12BrFN2. The number of nitrogen functional groups attached to an aromatic ring is 1. The topological polar surface area (TPSA) is 38.0 Å². The van der Waals surface area contributed by atoms with Gasteiger partial charge in [-0.25, -0.2) is 4.39 Å². The molecule has 1 aromatic rings. The van der Waals surface area contributed by atoms with Crippen molar-refractivity contribution < 1.29 is 4.39 Å². The Morgan fingerprint density at radius 1 is 1.46 bits per heavy atom. The molecule has 0 saturated carbocycles.